The molecular weight excluding hydrogens is 162 g/mol. The van der Waals surface area contributed by atoms with Gasteiger partial charge in [-0.25, -0.2) is 0 Å². The molecule has 13 heavy (non-hydrogen) atoms. The van der Waals surface area contributed by atoms with Crippen LogP contribution in [0, 0.1) is 0 Å². The summed E-state index contributed by atoms with van der Waals surface area (Å²) < 4.78 is 0. The first kappa shape index (κ1) is 6.60. The molecule has 0 aliphatic rings. The Morgan fingerprint density at radius 3 is 3.15 bits per heavy atom. The van der Waals surface area contributed by atoms with E-state index >= 15 is 0 Å². The molecule has 3 rings (SSSR count). The fourth-order valence-electron chi connectivity index (χ4n) is 1.53. The number of H-pyrrole nitrogens is 1. The van der Waals surface area contributed by atoms with Gasteiger partial charge in [0, 0.05) is 24.0 Å². The van der Waals surface area contributed by atoms with Crippen molar-refractivity contribution in [1.82, 2.24) is 15.0 Å². The summed E-state index contributed by atoms with van der Waals surface area (Å²) in [4.78, 5) is 11.7. The molecule has 1 N–H and O–H groups in total. The molecular formula is C10H7N3. The second-order valence-electron chi connectivity index (χ2n) is 2.94. The average molecular weight is 169 g/mol. The Balaban J connectivity index is 2.65. The highest BCUT2D eigenvalue weighted by atomic mass is 14.8. The van der Waals surface area contributed by atoms with Gasteiger partial charge in [-0.3, -0.25) is 9.97 Å². The number of hydrogen-bond acceptors (Lipinski definition) is 2. The van der Waals surface area contributed by atoms with Crippen molar-refractivity contribution in [2.24, 2.45) is 0 Å². The molecule has 0 bridgehead atoms. The van der Waals surface area contributed by atoms with Crippen LogP contribution in [0.3, 0.4) is 0 Å². The molecule has 0 saturated carbocycles. The van der Waals surface area contributed by atoms with Gasteiger partial charge in [-0.15, -0.1) is 0 Å². The molecule has 0 unspecified atom stereocenters. The Kier molecular flexibility index (Phi) is 1.16. The normalized spacial score (nSPS) is 11.1. The van der Waals surface area contributed by atoms with E-state index in [-0.39, 0.29) is 0 Å². The maximum absolute atomic E-state index is 4.30. The first-order valence-electron chi connectivity index (χ1n) is 4.12. The van der Waals surface area contributed by atoms with E-state index < -0.39 is 0 Å². The van der Waals surface area contributed by atoms with Crippen molar-refractivity contribution < 1.29 is 0 Å². The van der Waals surface area contributed by atoms with Crippen LogP contribution < -0.4 is 0 Å². The number of nitrogens with one attached hydrogen (secondary N) is 1. The van der Waals surface area contributed by atoms with Crippen LogP contribution in [-0.2, 0) is 0 Å². The van der Waals surface area contributed by atoms with E-state index in [1.807, 2.05) is 30.6 Å². The predicted molar refractivity (Wildman–Crippen MR) is 51.4 cm³/mol. The minimum absolute atomic E-state index is 0.928. The lowest BCUT2D eigenvalue weighted by Crippen LogP contribution is -1.82. The van der Waals surface area contributed by atoms with Crippen LogP contribution in [0.2, 0.25) is 0 Å². The van der Waals surface area contributed by atoms with Crippen LogP contribution in [0.4, 0.5) is 0 Å². The number of hydrogen-bond donors (Lipinski definition) is 1. The lowest BCUT2D eigenvalue weighted by atomic mass is 10.2. The topological polar surface area (TPSA) is 41.6 Å². The molecule has 0 aliphatic carbocycles. The summed E-state index contributed by atoms with van der Waals surface area (Å²) in [6.07, 6.45) is 5.54. The Morgan fingerprint density at radius 2 is 2.15 bits per heavy atom. The molecule has 0 fully saturated rings. The van der Waals surface area contributed by atoms with Crippen LogP contribution in [0.15, 0.2) is 36.8 Å². The van der Waals surface area contributed by atoms with E-state index in [2.05, 4.69) is 15.0 Å². The summed E-state index contributed by atoms with van der Waals surface area (Å²) >= 11 is 0. The van der Waals surface area contributed by atoms with Gasteiger partial charge in [0.15, 0.2) is 0 Å². The van der Waals surface area contributed by atoms with Crippen LogP contribution in [0.5, 0.6) is 0 Å². The largest absolute Gasteiger partial charge is 0.359 e. The van der Waals surface area contributed by atoms with Crippen molar-refractivity contribution in [1.29, 1.82) is 0 Å². The molecule has 3 heterocycles. The molecule has 0 radical (unpaired) electrons. The van der Waals surface area contributed by atoms with Gasteiger partial charge >= 0.3 is 0 Å². The zero-order valence-corrected chi connectivity index (χ0v) is 6.86. The zero-order valence-electron chi connectivity index (χ0n) is 6.86. The molecule has 62 valence electrons. The fourth-order valence-corrected chi connectivity index (χ4v) is 1.53. The van der Waals surface area contributed by atoms with Gasteiger partial charge in [0.1, 0.15) is 5.52 Å². The number of aromatic nitrogens is 3. The monoisotopic (exact) mass is 169 g/mol. The van der Waals surface area contributed by atoms with Crippen molar-refractivity contribution in [3.8, 4) is 0 Å². The average Bonchev–Trinajstić information content (AvgIpc) is 2.65. The van der Waals surface area contributed by atoms with Gasteiger partial charge in [0.2, 0.25) is 0 Å². The Labute approximate surface area is 74.4 Å². The summed E-state index contributed by atoms with van der Waals surface area (Å²) in [6.45, 7) is 0. The van der Waals surface area contributed by atoms with Crippen molar-refractivity contribution in [2.45, 2.75) is 0 Å². The molecule has 3 nitrogen and oxygen atoms in total. The van der Waals surface area contributed by atoms with E-state index in [1.54, 1.807) is 6.20 Å². The Morgan fingerprint density at radius 1 is 1.15 bits per heavy atom. The molecule has 3 aromatic rings. The highest BCUT2D eigenvalue weighted by molar-refractivity contribution is 6.00. The Bertz CT molecular complexity index is 568. The quantitative estimate of drug-likeness (QED) is 0.560. The second-order valence-corrected chi connectivity index (χ2v) is 2.94. The van der Waals surface area contributed by atoms with Crippen LogP contribution >= 0.6 is 0 Å². The minimum Gasteiger partial charge on any atom is -0.359 e. The summed E-state index contributed by atoms with van der Waals surface area (Å²) in [7, 11) is 0. The molecule has 0 amide bonds. The Hall–Kier alpha value is -1.90. The van der Waals surface area contributed by atoms with Gasteiger partial charge < -0.3 is 4.98 Å². The zero-order chi connectivity index (χ0) is 8.67. The third kappa shape index (κ3) is 0.839. The summed E-state index contributed by atoms with van der Waals surface area (Å²) in [5, 5.41) is 1.10. The summed E-state index contributed by atoms with van der Waals surface area (Å²) in [5.74, 6) is 0. The van der Waals surface area contributed by atoms with Crippen LogP contribution in [-0.4, -0.2) is 15.0 Å². The smallest absolute Gasteiger partial charge is 0.113 e. The van der Waals surface area contributed by atoms with Crippen molar-refractivity contribution in [2.75, 3.05) is 0 Å². The number of nitrogens with zero attached hydrogens (tertiary/aromatic N) is 2. The lowest BCUT2D eigenvalue weighted by Gasteiger charge is -1.95. The maximum Gasteiger partial charge on any atom is 0.113 e. The van der Waals surface area contributed by atoms with Crippen molar-refractivity contribution >= 4 is 21.9 Å². The number of aromatic amines is 1. The molecule has 0 saturated heterocycles. The minimum atomic E-state index is 0.928. The van der Waals surface area contributed by atoms with Gasteiger partial charge in [0.25, 0.3) is 0 Å². The van der Waals surface area contributed by atoms with Crippen molar-refractivity contribution in [3.63, 3.8) is 0 Å². The number of pyridine rings is 2. The van der Waals surface area contributed by atoms with Gasteiger partial charge in [0.05, 0.1) is 11.0 Å². The van der Waals surface area contributed by atoms with Crippen LogP contribution in [0.1, 0.15) is 0 Å². The highest BCUT2D eigenvalue weighted by Crippen LogP contribution is 2.18. The predicted octanol–water partition coefficient (Wildman–Crippen LogP) is 2.11. The molecule has 0 aliphatic heterocycles. The second kappa shape index (κ2) is 2.29. The van der Waals surface area contributed by atoms with E-state index in [0.29, 0.717) is 0 Å². The molecule has 0 spiro atoms. The fraction of sp³-hybridized carbons (Fsp3) is 0. The standard InChI is InChI=1S/C10H7N3/c1-2-8-10(11-4-1)9-7(6-13-8)3-5-12-9/h1-6,12H. The van der Waals surface area contributed by atoms with E-state index in [9.17, 15) is 0 Å². The van der Waals surface area contributed by atoms with E-state index in [1.165, 1.54) is 0 Å². The SMILES string of the molecule is c1cnc2c(c1)ncc1cc[nH]c12. The van der Waals surface area contributed by atoms with Gasteiger partial charge in [-0.2, -0.15) is 0 Å². The van der Waals surface area contributed by atoms with Crippen LogP contribution in [0.25, 0.3) is 21.9 Å². The maximum atomic E-state index is 4.30. The van der Waals surface area contributed by atoms with E-state index in [0.717, 1.165) is 21.9 Å². The van der Waals surface area contributed by atoms with Gasteiger partial charge in [-0.1, -0.05) is 0 Å². The first-order valence-corrected chi connectivity index (χ1v) is 4.12. The first-order chi connectivity index (χ1) is 6.45. The number of rotatable bonds is 0. The molecule has 3 aromatic heterocycles. The highest BCUT2D eigenvalue weighted by Gasteiger charge is 2.01. The third-order valence-corrected chi connectivity index (χ3v) is 2.15. The third-order valence-electron chi connectivity index (χ3n) is 2.15. The van der Waals surface area contributed by atoms with Gasteiger partial charge in [-0.05, 0) is 18.2 Å². The van der Waals surface area contributed by atoms with E-state index in [4.69, 9.17) is 0 Å². The summed E-state index contributed by atoms with van der Waals surface area (Å²) in [5.41, 5.74) is 2.92. The summed E-state index contributed by atoms with van der Waals surface area (Å²) in [6, 6.07) is 5.85. The molecule has 3 heteroatoms. The number of fused-ring (bicyclic) bond motifs is 3. The molecule has 0 atom stereocenters. The lowest BCUT2D eigenvalue weighted by molar-refractivity contribution is 1.35. The van der Waals surface area contributed by atoms with Crippen molar-refractivity contribution in [3.05, 3.63) is 36.8 Å². The molecule has 0 aromatic carbocycles.